The number of ether oxygens (including phenoxy) is 2. The fraction of sp³-hybridized carbons (Fsp3) is 0.286. The minimum atomic E-state index is -0.111. The fourth-order valence-electron chi connectivity index (χ4n) is 4.35. The Morgan fingerprint density at radius 2 is 1.76 bits per heavy atom. The third-order valence-electron chi connectivity index (χ3n) is 6.19. The maximum atomic E-state index is 13.5. The molecule has 0 spiro atoms. The monoisotopic (exact) mass is 443 g/mol. The van der Waals surface area contributed by atoms with E-state index in [-0.39, 0.29) is 24.3 Å². The van der Waals surface area contributed by atoms with E-state index in [2.05, 4.69) is 43.3 Å². The number of fused-ring (bicyclic) bond motifs is 1. The molecule has 0 radical (unpaired) electrons. The molecule has 0 saturated heterocycles. The van der Waals surface area contributed by atoms with E-state index in [0.29, 0.717) is 23.6 Å². The van der Waals surface area contributed by atoms with Crippen molar-refractivity contribution in [3.63, 3.8) is 0 Å². The molecular formula is C28H29NO4. The van der Waals surface area contributed by atoms with Crippen LogP contribution in [0, 0.1) is 6.92 Å². The van der Waals surface area contributed by atoms with Crippen LogP contribution >= 0.6 is 0 Å². The van der Waals surface area contributed by atoms with Gasteiger partial charge < -0.3 is 14.4 Å². The van der Waals surface area contributed by atoms with Crippen LogP contribution in [-0.2, 0) is 17.8 Å². The Kier molecular flexibility index (Phi) is 6.78. The van der Waals surface area contributed by atoms with Crippen molar-refractivity contribution in [3.8, 4) is 11.5 Å². The highest BCUT2D eigenvalue weighted by molar-refractivity contribution is 5.94. The van der Waals surface area contributed by atoms with E-state index < -0.39 is 0 Å². The first-order valence-electron chi connectivity index (χ1n) is 11.2. The third-order valence-corrected chi connectivity index (χ3v) is 6.19. The third kappa shape index (κ3) is 5.08. The molecule has 1 aliphatic rings. The molecular weight excluding hydrogens is 414 g/mol. The summed E-state index contributed by atoms with van der Waals surface area (Å²) >= 11 is 0. The van der Waals surface area contributed by atoms with E-state index in [9.17, 15) is 9.59 Å². The first-order chi connectivity index (χ1) is 16.0. The Morgan fingerprint density at radius 1 is 1.00 bits per heavy atom. The molecule has 0 bridgehead atoms. The SMILES string of the molecule is COc1cc(C(C)=O)ccc1OCC(=O)N(Cc1ccc(C)cc1)C1CCc2ccccc21. The van der Waals surface area contributed by atoms with Gasteiger partial charge in [0.15, 0.2) is 23.9 Å². The molecule has 0 N–H and O–H groups in total. The number of rotatable bonds is 8. The quantitative estimate of drug-likeness (QED) is 0.443. The minimum Gasteiger partial charge on any atom is -0.493 e. The van der Waals surface area contributed by atoms with Crippen LogP contribution in [0.1, 0.15) is 52.0 Å². The van der Waals surface area contributed by atoms with E-state index in [1.807, 2.05) is 17.0 Å². The Balaban J connectivity index is 1.56. The van der Waals surface area contributed by atoms with Crippen LogP contribution in [0.3, 0.4) is 0 Å². The van der Waals surface area contributed by atoms with E-state index in [1.165, 1.54) is 30.7 Å². The van der Waals surface area contributed by atoms with Gasteiger partial charge in [-0.15, -0.1) is 0 Å². The highest BCUT2D eigenvalue weighted by atomic mass is 16.5. The summed E-state index contributed by atoms with van der Waals surface area (Å²) in [6.45, 7) is 3.96. The Morgan fingerprint density at radius 3 is 2.48 bits per heavy atom. The van der Waals surface area contributed by atoms with Gasteiger partial charge in [0, 0.05) is 12.1 Å². The zero-order valence-electron chi connectivity index (χ0n) is 19.3. The van der Waals surface area contributed by atoms with Crippen molar-refractivity contribution >= 4 is 11.7 Å². The van der Waals surface area contributed by atoms with E-state index in [4.69, 9.17) is 9.47 Å². The number of ketones is 1. The van der Waals surface area contributed by atoms with Gasteiger partial charge in [-0.05, 0) is 61.6 Å². The summed E-state index contributed by atoms with van der Waals surface area (Å²) in [5.74, 6) is 0.736. The number of benzene rings is 3. The van der Waals surface area contributed by atoms with Crippen LogP contribution in [0.15, 0.2) is 66.7 Å². The van der Waals surface area contributed by atoms with Crippen LogP contribution in [0.25, 0.3) is 0 Å². The molecule has 1 aliphatic carbocycles. The van der Waals surface area contributed by atoms with Gasteiger partial charge in [-0.2, -0.15) is 0 Å². The lowest BCUT2D eigenvalue weighted by atomic mass is 10.1. The summed E-state index contributed by atoms with van der Waals surface area (Å²) in [5, 5.41) is 0. The van der Waals surface area contributed by atoms with Gasteiger partial charge in [0.25, 0.3) is 5.91 Å². The normalized spacial score (nSPS) is 14.5. The molecule has 5 nitrogen and oxygen atoms in total. The maximum Gasteiger partial charge on any atom is 0.261 e. The number of carbonyl (C=O) groups excluding carboxylic acids is 2. The van der Waals surface area contributed by atoms with Crippen molar-refractivity contribution in [1.29, 1.82) is 0 Å². The van der Waals surface area contributed by atoms with Crippen molar-refractivity contribution in [3.05, 3.63) is 94.5 Å². The average Bonchev–Trinajstić information content (AvgIpc) is 3.26. The van der Waals surface area contributed by atoms with Gasteiger partial charge in [-0.1, -0.05) is 54.1 Å². The standard InChI is InChI=1S/C28H29NO4/c1-19-8-10-21(11-9-19)17-29(25-14-12-22-6-4-5-7-24(22)25)28(31)18-33-26-15-13-23(20(2)30)16-27(26)32-3/h4-11,13,15-16,25H,12,14,17-18H2,1-3H3. The Bertz CT molecular complexity index is 1150. The molecule has 0 saturated carbocycles. The van der Waals surface area contributed by atoms with Gasteiger partial charge in [0.05, 0.1) is 13.2 Å². The number of methoxy groups -OCH3 is 1. The molecule has 3 aromatic rings. The maximum absolute atomic E-state index is 13.5. The molecule has 4 rings (SSSR count). The Hall–Kier alpha value is -3.60. The van der Waals surface area contributed by atoms with Crippen molar-refractivity contribution < 1.29 is 19.1 Å². The molecule has 3 aromatic carbocycles. The number of carbonyl (C=O) groups is 2. The lowest BCUT2D eigenvalue weighted by Gasteiger charge is -2.30. The number of hydrogen-bond acceptors (Lipinski definition) is 4. The molecule has 1 atom stereocenters. The van der Waals surface area contributed by atoms with Gasteiger partial charge in [-0.25, -0.2) is 0 Å². The van der Waals surface area contributed by atoms with Crippen LogP contribution in [-0.4, -0.2) is 30.3 Å². The van der Waals surface area contributed by atoms with Gasteiger partial charge >= 0.3 is 0 Å². The lowest BCUT2D eigenvalue weighted by molar-refractivity contribution is -0.136. The second-order valence-corrected chi connectivity index (χ2v) is 8.47. The zero-order chi connectivity index (χ0) is 23.4. The second-order valence-electron chi connectivity index (χ2n) is 8.47. The predicted molar refractivity (Wildman–Crippen MR) is 128 cm³/mol. The summed E-state index contributed by atoms with van der Waals surface area (Å²) in [4.78, 5) is 27.1. The highest BCUT2D eigenvalue weighted by Crippen LogP contribution is 2.37. The summed E-state index contributed by atoms with van der Waals surface area (Å²) in [6, 6.07) is 21.6. The smallest absolute Gasteiger partial charge is 0.261 e. The largest absolute Gasteiger partial charge is 0.493 e. The summed E-state index contributed by atoms with van der Waals surface area (Å²) < 4.78 is 11.3. The number of hydrogen-bond donors (Lipinski definition) is 0. The van der Waals surface area contributed by atoms with Crippen molar-refractivity contribution in [2.75, 3.05) is 13.7 Å². The topological polar surface area (TPSA) is 55.8 Å². The first-order valence-corrected chi connectivity index (χ1v) is 11.2. The molecule has 1 unspecified atom stereocenters. The van der Waals surface area contributed by atoms with Crippen LogP contribution in [0.2, 0.25) is 0 Å². The zero-order valence-corrected chi connectivity index (χ0v) is 19.3. The van der Waals surface area contributed by atoms with Gasteiger partial charge in [-0.3, -0.25) is 9.59 Å². The predicted octanol–water partition coefficient (Wildman–Crippen LogP) is 5.30. The summed E-state index contributed by atoms with van der Waals surface area (Å²) in [6.07, 6.45) is 1.85. The van der Waals surface area contributed by atoms with Gasteiger partial charge in [0.2, 0.25) is 0 Å². The number of aryl methyl sites for hydroxylation is 2. The number of amides is 1. The summed E-state index contributed by atoms with van der Waals surface area (Å²) in [7, 11) is 1.52. The second kappa shape index (κ2) is 9.90. The van der Waals surface area contributed by atoms with E-state index >= 15 is 0 Å². The molecule has 33 heavy (non-hydrogen) atoms. The fourth-order valence-corrected chi connectivity index (χ4v) is 4.35. The molecule has 0 heterocycles. The average molecular weight is 444 g/mol. The Labute approximate surface area is 194 Å². The highest BCUT2D eigenvalue weighted by Gasteiger charge is 2.31. The first kappa shape index (κ1) is 22.6. The van der Waals surface area contributed by atoms with Crippen molar-refractivity contribution in [2.24, 2.45) is 0 Å². The molecule has 0 aromatic heterocycles. The van der Waals surface area contributed by atoms with Crippen LogP contribution in [0.5, 0.6) is 11.5 Å². The van der Waals surface area contributed by atoms with Gasteiger partial charge in [0.1, 0.15) is 0 Å². The molecule has 0 aliphatic heterocycles. The van der Waals surface area contributed by atoms with E-state index in [1.54, 1.807) is 18.2 Å². The number of Topliss-reactive ketones (excluding diaryl/α,β-unsaturated/α-hetero) is 1. The van der Waals surface area contributed by atoms with Crippen molar-refractivity contribution in [1.82, 2.24) is 4.90 Å². The minimum absolute atomic E-state index is 0.0144. The van der Waals surface area contributed by atoms with E-state index in [0.717, 1.165) is 18.4 Å². The molecule has 0 fully saturated rings. The lowest BCUT2D eigenvalue weighted by Crippen LogP contribution is -2.37. The summed E-state index contributed by atoms with van der Waals surface area (Å²) in [5.41, 5.74) is 5.32. The van der Waals surface area contributed by atoms with Crippen molar-refractivity contribution in [2.45, 2.75) is 39.3 Å². The molecule has 170 valence electrons. The number of nitrogens with zero attached hydrogens (tertiary/aromatic N) is 1. The van der Waals surface area contributed by atoms with Crippen LogP contribution < -0.4 is 9.47 Å². The molecule has 1 amide bonds. The molecule has 5 heteroatoms. The van der Waals surface area contributed by atoms with Crippen LogP contribution in [0.4, 0.5) is 0 Å².